The standard InChI is InChI=1S/C10H11ClN4O/c1-2-15-6-8(5-14-15)16-10-9(11)3-7(12)4-13-10/h3-6H,2,12H2,1H3. The highest BCUT2D eigenvalue weighted by atomic mass is 35.5. The van der Waals surface area contributed by atoms with Crippen molar-refractivity contribution in [3.63, 3.8) is 0 Å². The first-order valence-corrected chi connectivity index (χ1v) is 5.18. The number of nitrogens with two attached hydrogens (primary N) is 1. The lowest BCUT2D eigenvalue weighted by Gasteiger charge is -2.03. The van der Waals surface area contributed by atoms with Gasteiger partial charge in [0.1, 0.15) is 5.02 Å². The zero-order chi connectivity index (χ0) is 11.5. The summed E-state index contributed by atoms with van der Waals surface area (Å²) in [5.74, 6) is 0.924. The van der Waals surface area contributed by atoms with Crippen LogP contribution in [-0.2, 0) is 6.54 Å². The molecule has 0 atom stereocenters. The number of hydrogen-bond donors (Lipinski definition) is 1. The lowest BCUT2D eigenvalue weighted by Crippen LogP contribution is -1.93. The predicted octanol–water partition coefficient (Wildman–Crippen LogP) is 2.33. The third kappa shape index (κ3) is 2.25. The molecule has 0 amide bonds. The van der Waals surface area contributed by atoms with Crippen molar-refractivity contribution in [2.45, 2.75) is 13.5 Å². The van der Waals surface area contributed by atoms with E-state index < -0.39 is 0 Å². The summed E-state index contributed by atoms with van der Waals surface area (Å²) >= 11 is 5.93. The lowest BCUT2D eigenvalue weighted by atomic mass is 10.4. The molecule has 16 heavy (non-hydrogen) atoms. The first-order chi connectivity index (χ1) is 7.69. The number of halogens is 1. The predicted molar refractivity (Wildman–Crippen MR) is 61.6 cm³/mol. The normalized spacial score (nSPS) is 10.4. The molecule has 0 radical (unpaired) electrons. The summed E-state index contributed by atoms with van der Waals surface area (Å²) in [7, 11) is 0. The highest BCUT2D eigenvalue weighted by Crippen LogP contribution is 2.27. The number of ether oxygens (including phenoxy) is 1. The molecule has 84 valence electrons. The molecule has 0 bridgehead atoms. The van der Waals surface area contributed by atoms with Crippen LogP contribution in [0.25, 0.3) is 0 Å². The van der Waals surface area contributed by atoms with E-state index in [2.05, 4.69) is 10.1 Å². The van der Waals surface area contributed by atoms with Gasteiger partial charge in [-0.2, -0.15) is 5.10 Å². The molecule has 0 fully saturated rings. The number of aromatic nitrogens is 3. The molecule has 2 N–H and O–H groups in total. The molecule has 0 aliphatic carbocycles. The molecule has 2 rings (SSSR count). The second-order valence-electron chi connectivity index (χ2n) is 3.19. The summed E-state index contributed by atoms with van der Waals surface area (Å²) in [6.45, 7) is 2.78. The van der Waals surface area contributed by atoms with E-state index in [1.165, 1.54) is 6.20 Å². The van der Waals surface area contributed by atoms with E-state index in [0.29, 0.717) is 22.3 Å². The number of hydrogen-bond acceptors (Lipinski definition) is 4. The van der Waals surface area contributed by atoms with Crippen molar-refractivity contribution in [3.8, 4) is 11.6 Å². The Labute approximate surface area is 97.8 Å². The van der Waals surface area contributed by atoms with Gasteiger partial charge in [-0.3, -0.25) is 4.68 Å². The number of nitrogens with zero attached hydrogens (tertiary/aromatic N) is 3. The van der Waals surface area contributed by atoms with Crippen molar-refractivity contribution in [2.24, 2.45) is 0 Å². The van der Waals surface area contributed by atoms with Crippen LogP contribution < -0.4 is 10.5 Å². The summed E-state index contributed by atoms with van der Waals surface area (Å²) in [5.41, 5.74) is 6.03. The number of aryl methyl sites for hydroxylation is 1. The zero-order valence-electron chi connectivity index (χ0n) is 8.72. The Balaban J connectivity index is 2.20. The molecule has 0 unspecified atom stereocenters. The van der Waals surface area contributed by atoms with Gasteiger partial charge in [0.15, 0.2) is 5.75 Å². The number of nitrogen functional groups attached to an aromatic ring is 1. The van der Waals surface area contributed by atoms with Crippen LogP contribution in [0.1, 0.15) is 6.92 Å². The second kappa shape index (κ2) is 4.40. The van der Waals surface area contributed by atoms with E-state index in [9.17, 15) is 0 Å². The smallest absolute Gasteiger partial charge is 0.238 e. The Kier molecular flexibility index (Phi) is 2.96. The molecule has 5 nitrogen and oxygen atoms in total. The van der Waals surface area contributed by atoms with Crippen LogP contribution in [0, 0.1) is 0 Å². The van der Waals surface area contributed by atoms with Crippen LogP contribution in [-0.4, -0.2) is 14.8 Å². The highest BCUT2D eigenvalue weighted by Gasteiger charge is 2.06. The summed E-state index contributed by atoms with van der Waals surface area (Å²) in [5, 5.41) is 4.45. The van der Waals surface area contributed by atoms with Gasteiger partial charge < -0.3 is 10.5 Å². The highest BCUT2D eigenvalue weighted by molar-refractivity contribution is 6.32. The lowest BCUT2D eigenvalue weighted by molar-refractivity contribution is 0.462. The molecule has 2 aromatic rings. The largest absolute Gasteiger partial charge is 0.434 e. The molecule has 0 saturated carbocycles. The molecule has 6 heteroatoms. The van der Waals surface area contributed by atoms with E-state index in [1.54, 1.807) is 23.1 Å². The van der Waals surface area contributed by atoms with Crippen LogP contribution in [0.15, 0.2) is 24.7 Å². The minimum atomic E-state index is 0.325. The number of rotatable bonds is 3. The Morgan fingerprint density at radius 2 is 2.31 bits per heavy atom. The van der Waals surface area contributed by atoms with Gasteiger partial charge >= 0.3 is 0 Å². The SMILES string of the molecule is CCn1cc(Oc2ncc(N)cc2Cl)cn1. The maximum Gasteiger partial charge on any atom is 0.238 e. The maximum absolute atomic E-state index is 5.93. The van der Waals surface area contributed by atoms with Crippen LogP contribution in [0.2, 0.25) is 5.02 Å². The minimum Gasteiger partial charge on any atom is -0.434 e. The molecule has 0 aliphatic rings. The van der Waals surface area contributed by atoms with Crippen LogP contribution in [0.4, 0.5) is 5.69 Å². The van der Waals surface area contributed by atoms with Crippen LogP contribution >= 0.6 is 11.6 Å². The topological polar surface area (TPSA) is 66.0 Å². The molecule has 0 spiro atoms. The van der Waals surface area contributed by atoms with Crippen molar-refractivity contribution in [1.82, 2.24) is 14.8 Å². The number of pyridine rings is 1. The first-order valence-electron chi connectivity index (χ1n) is 4.80. The van der Waals surface area contributed by atoms with E-state index in [-0.39, 0.29) is 0 Å². The fourth-order valence-electron chi connectivity index (χ4n) is 1.20. The molecular formula is C10H11ClN4O. The monoisotopic (exact) mass is 238 g/mol. The van der Waals surface area contributed by atoms with Crippen molar-refractivity contribution in [1.29, 1.82) is 0 Å². The van der Waals surface area contributed by atoms with Gasteiger partial charge in [0.05, 0.1) is 24.3 Å². The third-order valence-electron chi connectivity index (χ3n) is 1.98. The van der Waals surface area contributed by atoms with Crippen molar-refractivity contribution < 1.29 is 4.74 Å². The molecule has 0 saturated heterocycles. The molecule has 0 aromatic carbocycles. The Bertz CT molecular complexity index is 497. The van der Waals surface area contributed by atoms with Gasteiger partial charge in [-0.1, -0.05) is 11.6 Å². The molecule has 0 aliphatic heterocycles. The average Bonchev–Trinajstić information content (AvgIpc) is 2.70. The van der Waals surface area contributed by atoms with Crippen molar-refractivity contribution in [3.05, 3.63) is 29.7 Å². The average molecular weight is 239 g/mol. The van der Waals surface area contributed by atoms with E-state index in [1.807, 2.05) is 6.92 Å². The van der Waals surface area contributed by atoms with E-state index in [0.717, 1.165) is 6.54 Å². The van der Waals surface area contributed by atoms with Crippen LogP contribution in [0.5, 0.6) is 11.6 Å². The molecule has 2 heterocycles. The fraction of sp³-hybridized carbons (Fsp3) is 0.200. The van der Waals surface area contributed by atoms with Gasteiger partial charge in [-0.05, 0) is 13.0 Å². The summed E-state index contributed by atoms with van der Waals surface area (Å²) < 4.78 is 7.22. The molecule has 2 aromatic heterocycles. The number of anilines is 1. The Hall–Kier alpha value is -1.75. The summed E-state index contributed by atoms with van der Waals surface area (Å²) in [6, 6.07) is 1.59. The molecular weight excluding hydrogens is 228 g/mol. The van der Waals surface area contributed by atoms with Gasteiger partial charge in [0.2, 0.25) is 5.88 Å². The Morgan fingerprint density at radius 1 is 1.50 bits per heavy atom. The van der Waals surface area contributed by atoms with Gasteiger partial charge in [-0.25, -0.2) is 4.98 Å². The van der Waals surface area contributed by atoms with Crippen molar-refractivity contribution >= 4 is 17.3 Å². The maximum atomic E-state index is 5.93. The Morgan fingerprint density at radius 3 is 2.94 bits per heavy atom. The van der Waals surface area contributed by atoms with Gasteiger partial charge in [0, 0.05) is 6.54 Å². The summed E-state index contributed by atoms with van der Waals surface area (Å²) in [4.78, 5) is 3.99. The van der Waals surface area contributed by atoms with Crippen LogP contribution in [0.3, 0.4) is 0 Å². The second-order valence-corrected chi connectivity index (χ2v) is 3.60. The van der Waals surface area contributed by atoms with Crippen molar-refractivity contribution in [2.75, 3.05) is 5.73 Å². The van der Waals surface area contributed by atoms with E-state index >= 15 is 0 Å². The van der Waals surface area contributed by atoms with Gasteiger partial charge in [0.25, 0.3) is 0 Å². The quantitative estimate of drug-likeness (QED) is 0.891. The summed E-state index contributed by atoms with van der Waals surface area (Å²) in [6.07, 6.45) is 4.87. The third-order valence-corrected chi connectivity index (χ3v) is 2.25. The minimum absolute atomic E-state index is 0.325. The fourth-order valence-corrected chi connectivity index (χ4v) is 1.41. The van der Waals surface area contributed by atoms with E-state index in [4.69, 9.17) is 22.1 Å². The van der Waals surface area contributed by atoms with Gasteiger partial charge in [-0.15, -0.1) is 0 Å². The zero-order valence-corrected chi connectivity index (χ0v) is 9.48. The first kappa shape index (κ1) is 10.8.